The second kappa shape index (κ2) is 7.05. The molecule has 2 N–H and O–H groups in total. The van der Waals surface area contributed by atoms with Crippen LogP contribution in [0.5, 0.6) is 0 Å². The number of thioether (sulfide) groups is 2. The molecule has 15 heavy (non-hydrogen) atoms. The maximum Gasteiger partial charge on any atom is 0.0612 e. The Morgan fingerprint density at radius 1 is 1.20 bits per heavy atom. The average molecular weight is 250 g/mol. The summed E-state index contributed by atoms with van der Waals surface area (Å²) in [7, 11) is 0. The second-order valence-electron chi connectivity index (χ2n) is 4.18. The molecule has 0 saturated carbocycles. The molecule has 1 aliphatic heterocycles. The van der Waals surface area contributed by atoms with E-state index in [1.54, 1.807) is 0 Å². The Morgan fingerprint density at radius 2 is 1.80 bits per heavy atom. The lowest BCUT2D eigenvalue weighted by Gasteiger charge is -2.27. The van der Waals surface area contributed by atoms with Crippen molar-refractivity contribution in [3.05, 3.63) is 0 Å². The van der Waals surface area contributed by atoms with Gasteiger partial charge in [-0.1, -0.05) is 0 Å². The van der Waals surface area contributed by atoms with Crippen LogP contribution in [0.25, 0.3) is 0 Å². The van der Waals surface area contributed by atoms with E-state index in [9.17, 15) is 5.11 Å². The van der Waals surface area contributed by atoms with Crippen molar-refractivity contribution in [3.8, 4) is 0 Å². The molecule has 1 aliphatic rings. The minimum atomic E-state index is -0.170. The van der Waals surface area contributed by atoms with Gasteiger partial charge in [-0.2, -0.15) is 0 Å². The van der Waals surface area contributed by atoms with Crippen LogP contribution in [0, 0.1) is 0 Å². The molecule has 4 heteroatoms. The van der Waals surface area contributed by atoms with Gasteiger partial charge in [-0.3, -0.25) is 0 Å². The quantitative estimate of drug-likeness (QED) is 0.728. The zero-order valence-corrected chi connectivity index (χ0v) is 11.1. The Morgan fingerprint density at radius 3 is 2.33 bits per heavy atom. The number of rotatable bonds is 7. The van der Waals surface area contributed by atoms with Gasteiger partial charge in [0.05, 0.1) is 10.2 Å². The fourth-order valence-corrected chi connectivity index (χ4v) is 5.32. The van der Waals surface area contributed by atoms with E-state index in [0.29, 0.717) is 10.7 Å². The van der Waals surface area contributed by atoms with Crippen molar-refractivity contribution in [2.45, 2.75) is 49.2 Å². The fourth-order valence-electron chi connectivity index (χ4n) is 1.93. The lowest BCUT2D eigenvalue weighted by Crippen LogP contribution is -2.18. The summed E-state index contributed by atoms with van der Waals surface area (Å²) in [4.78, 5) is 0. The summed E-state index contributed by atoms with van der Waals surface area (Å²) in [5.41, 5.74) is 0. The van der Waals surface area contributed by atoms with E-state index in [1.165, 1.54) is 17.9 Å². The van der Waals surface area contributed by atoms with E-state index < -0.39 is 0 Å². The maximum absolute atomic E-state index is 9.23. The third-order valence-electron chi connectivity index (χ3n) is 2.71. The smallest absolute Gasteiger partial charge is 0.0612 e. The van der Waals surface area contributed by atoms with Crippen molar-refractivity contribution in [3.63, 3.8) is 0 Å². The third kappa shape index (κ3) is 4.98. The minimum absolute atomic E-state index is 0.170. The molecular formula is C11H22O2S2. The van der Waals surface area contributed by atoms with E-state index in [2.05, 4.69) is 23.5 Å². The van der Waals surface area contributed by atoms with Crippen LogP contribution in [0.15, 0.2) is 0 Å². The SMILES string of the molecule is C[C@H](O)CCCC1(CCCO)SCCS1. The van der Waals surface area contributed by atoms with Gasteiger partial charge < -0.3 is 10.2 Å². The van der Waals surface area contributed by atoms with Gasteiger partial charge in [-0.05, 0) is 39.0 Å². The molecule has 2 nitrogen and oxygen atoms in total. The van der Waals surface area contributed by atoms with Gasteiger partial charge in [0.25, 0.3) is 0 Å². The summed E-state index contributed by atoms with van der Waals surface area (Å²) >= 11 is 4.10. The monoisotopic (exact) mass is 250 g/mol. The first-order chi connectivity index (χ1) is 7.18. The van der Waals surface area contributed by atoms with E-state index in [0.717, 1.165) is 25.7 Å². The predicted octanol–water partition coefficient (Wildman–Crippen LogP) is 2.49. The standard InChI is InChI=1S/C11H22O2S2/c1-10(13)4-2-5-11(6-3-7-12)14-8-9-15-11/h10,12-13H,2-9H2,1H3/t10-/m0/s1. The summed E-state index contributed by atoms with van der Waals surface area (Å²) in [5.74, 6) is 2.48. The molecule has 1 heterocycles. The highest BCUT2D eigenvalue weighted by atomic mass is 32.2. The first kappa shape index (κ1) is 13.7. The minimum Gasteiger partial charge on any atom is -0.396 e. The van der Waals surface area contributed by atoms with Crippen molar-refractivity contribution in [1.29, 1.82) is 0 Å². The van der Waals surface area contributed by atoms with Crippen molar-refractivity contribution in [1.82, 2.24) is 0 Å². The first-order valence-corrected chi connectivity index (χ1v) is 7.72. The number of hydrogen-bond acceptors (Lipinski definition) is 4. The van der Waals surface area contributed by atoms with Gasteiger partial charge in [0.15, 0.2) is 0 Å². The van der Waals surface area contributed by atoms with Crippen LogP contribution in [0.2, 0.25) is 0 Å². The zero-order valence-electron chi connectivity index (χ0n) is 9.45. The van der Waals surface area contributed by atoms with E-state index in [-0.39, 0.29) is 6.10 Å². The zero-order chi connectivity index (χ0) is 11.1. The van der Waals surface area contributed by atoms with Crippen LogP contribution < -0.4 is 0 Å². The van der Waals surface area contributed by atoms with Crippen LogP contribution in [0.1, 0.15) is 39.0 Å². The number of aliphatic hydroxyl groups excluding tert-OH is 2. The van der Waals surface area contributed by atoms with Gasteiger partial charge in [-0.15, -0.1) is 23.5 Å². The Labute approximate surface area is 101 Å². The molecule has 0 bridgehead atoms. The van der Waals surface area contributed by atoms with Crippen LogP contribution in [-0.4, -0.2) is 38.5 Å². The van der Waals surface area contributed by atoms with Gasteiger partial charge in [0.2, 0.25) is 0 Å². The summed E-state index contributed by atoms with van der Waals surface area (Å²) in [6.45, 7) is 2.16. The fraction of sp³-hybridized carbons (Fsp3) is 1.00. The summed E-state index contributed by atoms with van der Waals surface area (Å²) in [6, 6.07) is 0. The van der Waals surface area contributed by atoms with Gasteiger partial charge in [0.1, 0.15) is 0 Å². The topological polar surface area (TPSA) is 40.5 Å². The van der Waals surface area contributed by atoms with Gasteiger partial charge in [0, 0.05) is 18.1 Å². The second-order valence-corrected chi connectivity index (χ2v) is 7.39. The molecule has 0 radical (unpaired) electrons. The average Bonchev–Trinajstić information content (AvgIpc) is 2.64. The molecular weight excluding hydrogens is 228 g/mol. The Balaban J connectivity index is 2.29. The Hall–Kier alpha value is 0.620. The van der Waals surface area contributed by atoms with Crippen molar-refractivity contribution in [2.24, 2.45) is 0 Å². The Kier molecular flexibility index (Phi) is 6.43. The van der Waals surface area contributed by atoms with E-state index in [4.69, 9.17) is 5.11 Å². The highest BCUT2D eigenvalue weighted by Gasteiger charge is 2.34. The molecule has 0 aliphatic carbocycles. The Bertz CT molecular complexity index is 168. The summed E-state index contributed by atoms with van der Waals surface area (Å²) in [5, 5.41) is 18.1. The number of hydrogen-bond donors (Lipinski definition) is 2. The lowest BCUT2D eigenvalue weighted by molar-refractivity contribution is 0.180. The molecule has 1 saturated heterocycles. The van der Waals surface area contributed by atoms with Crippen molar-refractivity contribution >= 4 is 23.5 Å². The molecule has 0 aromatic rings. The molecule has 0 amide bonds. The predicted molar refractivity (Wildman–Crippen MR) is 69.5 cm³/mol. The first-order valence-electron chi connectivity index (χ1n) is 5.75. The largest absolute Gasteiger partial charge is 0.396 e. The van der Waals surface area contributed by atoms with Crippen molar-refractivity contribution in [2.75, 3.05) is 18.1 Å². The molecule has 1 atom stereocenters. The third-order valence-corrected chi connectivity index (χ3v) is 6.36. The lowest BCUT2D eigenvalue weighted by atomic mass is 10.1. The molecule has 1 rings (SSSR count). The summed E-state index contributed by atoms with van der Waals surface area (Å²) in [6.07, 6.45) is 5.03. The molecule has 90 valence electrons. The van der Waals surface area contributed by atoms with Gasteiger partial charge >= 0.3 is 0 Å². The highest BCUT2D eigenvalue weighted by Crippen LogP contribution is 2.50. The van der Waals surface area contributed by atoms with E-state index in [1.807, 2.05) is 6.92 Å². The van der Waals surface area contributed by atoms with Crippen LogP contribution in [0.3, 0.4) is 0 Å². The summed E-state index contributed by atoms with van der Waals surface area (Å²) < 4.78 is 0.345. The van der Waals surface area contributed by atoms with E-state index >= 15 is 0 Å². The maximum atomic E-state index is 9.23. The molecule has 1 fully saturated rings. The molecule has 0 spiro atoms. The normalized spacial score (nSPS) is 21.8. The molecule has 0 aromatic heterocycles. The van der Waals surface area contributed by atoms with Gasteiger partial charge in [-0.25, -0.2) is 0 Å². The molecule has 0 unspecified atom stereocenters. The van der Waals surface area contributed by atoms with Crippen LogP contribution in [0.4, 0.5) is 0 Å². The molecule has 0 aromatic carbocycles. The van der Waals surface area contributed by atoms with Crippen LogP contribution >= 0.6 is 23.5 Å². The highest BCUT2D eigenvalue weighted by molar-refractivity contribution is 8.21. The number of aliphatic hydroxyl groups is 2. The van der Waals surface area contributed by atoms with Crippen molar-refractivity contribution < 1.29 is 10.2 Å². The van der Waals surface area contributed by atoms with Crippen LogP contribution in [-0.2, 0) is 0 Å².